The Balaban J connectivity index is 2.34. The summed E-state index contributed by atoms with van der Waals surface area (Å²) in [6.07, 6.45) is 1.45. The van der Waals surface area contributed by atoms with Crippen molar-refractivity contribution in [2.75, 3.05) is 7.11 Å². The molecule has 0 saturated heterocycles. The second kappa shape index (κ2) is 5.71. The SMILES string of the molecule is COc1cccc(Cn2cnc(Cl)c(I)c2=O)c1. The largest absolute Gasteiger partial charge is 0.497 e. The monoisotopic (exact) mass is 376 g/mol. The normalized spacial score (nSPS) is 10.4. The van der Waals surface area contributed by atoms with Gasteiger partial charge in [-0.1, -0.05) is 23.7 Å². The van der Waals surface area contributed by atoms with Gasteiger partial charge >= 0.3 is 0 Å². The van der Waals surface area contributed by atoms with E-state index in [0.717, 1.165) is 11.3 Å². The number of benzene rings is 1. The van der Waals surface area contributed by atoms with Crippen LogP contribution in [-0.2, 0) is 6.54 Å². The minimum absolute atomic E-state index is 0.140. The third kappa shape index (κ3) is 2.84. The van der Waals surface area contributed by atoms with Crippen LogP contribution in [0.1, 0.15) is 5.56 Å². The second-order valence-electron chi connectivity index (χ2n) is 3.63. The van der Waals surface area contributed by atoms with Crippen LogP contribution in [-0.4, -0.2) is 16.7 Å². The van der Waals surface area contributed by atoms with E-state index in [4.69, 9.17) is 16.3 Å². The van der Waals surface area contributed by atoms with Gasteiger partial charge in [0.1, 0.15) is 14.5 Å². The zero-order chi connectivity index (χ0) is 13.1. The van der Waals surface area contributed by atoms with Crippen LogP contribution in [0, 0.1) is 3.57 Å². The fraction of sp³-hybridized carbons (Fsp3) is 0.167. The fourth-order valence-corrected chi connectivity index (χ4v) is 2.10. The Morgan fingerprint density at radius 3 is 3.00 bits per heavy atom. The Morgan fingerprint density at radius 2 is 2.28 bits per heavy atom. The minimum atomic E-state index is -0.140. The molecule has 0 amide bonds. The molecule has 1 aromatic carbocycles. The van der Waals surface area contributed by atoms with Crippen molar-refractivity contribution >= 4 is 34.2 Å². The van der Waals surface area contributed by atoms with E-state index >= 15 is 0 Å². The number of aromatic nitrogens is 2. The standard InChI is InChI=1S/C12H10ClIN2O2/c1-18-9-4-2-3-8(5-9)6-16-7-15-11(13)10(14)12(16)17/h2-5,7H,6H2,1H3. The van der Waals surface area contributed by atoms with Crippen LogP contribution in [0.5, 0.6) is 5.75 Å². The summed E-state index contributed by atoms with van der Waals surface area (Å²) in [4.78, 5) is 15.9. The van der Waals surface area contributed by atoms with Crippen molar-refractivity contribution < 1.29 is 4.74 Å². The van der Waals surface area contributed by atoms with Gasteiger partial charge in [-0.3, -0.25) is 9.36 Å². The molecule has 0 bridgehead atoms. The first kappa shape index (κ1) is 13.4. The van der Waals surface area contributed by atoms with E-state index in [9.17, 15) is 4.79 Å². The predicted octanol–water partition coefficient (Wildman–Crippen LogP) is 2.56. The quantitative estimate of drug-likeness (QED) is 0.611. The lowest BCUT2D eigenvalue weighted by atomic mass is 10.2. The molecule has 2 aromatic rings. The van der Waals surface area contributed by atoms with Crippen LogP contribution >= 0.6 is 34.2 Å². The summed E-state index contributed by atoms with van der Waals surface area (Å²) in [6.45, 7) is 0.441. The third-order valence-electron chi connectivity index (χ3n) is 2.43. The lowest BCUT2D eigenvalue weighted by Crippen LogP contribution is -2.23. The Morgan fingerprint density at radius 1 is 1.50 bits per heavy atom. The molecule has 0 radical (unpaired) electrons. The predicted molar refractivity (Wildman–Crippen MR) is 78.3 cm³/mol. The zero-order valence-electron chi connectivity index (χ0n) is 9.56. The number of ether oxygens (including phenoxy) is 1. The third-order valence-corrected chi connectivity index (χ3v) is 4.01. The van der Waals surface area contributed by atoms with Gasteiger partial charge in [-0.15, -0.1) is 0 Å². The van der Waals surface area contributed by atoms with Gasteiger partial charge in [-0.05, 0) is 40.3 Å². The van der Waals surface area contributed by atoms with Crippen molar-refractivity contribution in [3.05, 3.63) is 55.2 Å². The highest BCUT2D eigenvalue weighted by Crippen LogP contribution is 2.14. The van der Waals surface area contributed by atoms with Crippen LogP contribution in [0.4, 0.5) is 0 Å². The van der Waals surface area contributed by atoms with Gasteiger partial charge in [0, 0.05) is 0 Å². The first-order valence-electron chi connectivity index (χ1n) is 5.15. The number of methoxy groups -OCH3 is 1. The fourth-order valence-electron chi connectivity index (χ4n) is 1.52. The molecule has 0 fully saturated rings. The molecule has 6 heteroatoms. The topological polar surface area (TPSA) is 44.1 Å². The molecule has 0 aliphatic rings. The average molecular weight is 377 g/mol. The molecule has 94 valence electrons. The number of hydrogen-bond acceptors (Lipinski definition) is 3. The maximum atomic E-state index is 11.9. The molecule has 0 saturated carbocycles. The van der Waals surface area contributed by atoms with Gasteiger partial charge in [-0.25, -0.2) is 4.98 Å². The van der Waals surface area contributed by atoms with Crippen molar-refractivity contribution in [3.8, 4) is 5.75 Å². The van der Waals surface area contributed by atoms with Gasteiger partial charge in [0.05, 0.1) is 20.0 Å². The lowest BCUT2D eigenvalue weighted by Gasteiger charge is -2.07. The first-order valence-corrected chi connectivity index (χ1v) is 6.61. The lowest BCUT2D eigenvalue weighted by molar-refractivity contribution is 0.414. The van der Waals surface area contributed by atoms with Crippen molar-refractivity contribution in [1.29, 1.82) is 0 Å². The number of halogens is 2. The summed E-state index contributed by atoms with van der Waals surface area (Å²) in [5, 5.41) is 0.238. The zero-order valence-corrected chi connectivity index (χ0v) is 12.5. The summed E-state index contributed by atoms with van der Waals surface area (Å²) < 4.78 is 7.09. The van der Waals surface area contributed by atoms with Gasteiger partial charge in [0.25, 0.3) is 5.56 Å². The Labute approximate surface area is 123 Å². The molecule has 1 heterocycles. The molecule has 1 aromatic heterocycles. The van der Waals surface area contributed by atoms with E-state index in [1.807, 2.05) is 46.9 Å². The summed E-state index contributed by atoms with van der Waals surface area (Å²) in [6, 6.07) is 7.55. The molecular formula is C12H10ClIN2O2. The molecule has 2 rings (SSSR count). The van der Waals surface area contributed by atoms with Gasteiger partial charge < -0.3 is 4.74 Å². The summed E-state index contributed by atoms with van der Waals surface area (Å²) in [5.41, 5.74) is 0.829. The second-order valence-corrected chi connectivity index (χ2v) is 5.07. The number of nitrogens with zero attached hydrogens (tertiary/aromatic N) is 2. The molecule has 0 atom stereocenters. The van der Waals surface area contributed by atoms with Gasteiger partial charge in [0.2, 0.25) is 0 Å². The molecule has 0 aliphatic heterocycles. The van der Waals surface area contributed by atoms with E-state index in [1.165, 1.54) is 10.9 Å². The van der Waals surface area contributed by atoms with E-state index in [1.54, 1.807) is 7.11 Å². The average Bonchev–Trinajstić information content (AvgIpc) is 2.40. The molecule has 0 spiro atoms. The summed E-state index contributed by atoms with van der Waals surface area (Å²) in [5.74, 6) is 0.761. The van der Waals surface area contributed by atoms with Gasteiger partial charge in [0.15, 0.2) is 0 Å². The molecule has 0 aliphatic carbocycles. The molecule has 18 heavy (non-hydrogen) atoms. The van der Waals surface area contributed by atoms with E-state index in [2.05, 4.69) is 4.98 Å². The highest BCUT2D eigenvalue weighted by molar-refractivity contribution is 14.1. The highest BCUT2D eigenvalue weighted by atomic mass is 127. The summed E-state index contributed by atoms with van der Waals surface area (Å²) in [7, 11) is 1.61. The number of rotatable bonds is 3. The summed E-state index contributed by atoms with van der Waals surface area (Å²) >= 11 is 7.68. The minimum Gasteiger partial charge on any atom is -0.497 e. The van der Waals surface area contributed by atoms with Crippen LogP contribution in [0.15, 0.2) is 35.4 Å². The highest BCUT2D eigenvalue weighted by Gasteiger charge is 2.07. The van der Waals surface area contributed by atoms with Crippen molar-refractivity contribution in [2.45, 2.75) is 6.54 Å². The van der Waals surface area contributed by atoms with Crippen LogP contribution in [0.2, 0.25) is 5.15 Å². The molecule has 0 N–H and O–H groups in total. The van der Waals surface area contributed by atoms with E-state index in [-0.39, 0.29) is 10.7 Å². The molecular weight excluding hydrogens is 367 g/mol. The van der Waals surface area contributed by atoms with Gasteiger partial charge in [-0.2, -0.15) is 0 Å². The van der Waals surface area contributed by atoms with Crippen molar-refractivity contribution in [1.82, 2.24) is 9.55 Å². The smallest absolute Gasteiger partial charge is 0.268 e. The van der Waals surface area contributed by atoms with Crippen LogP contribution < -0.4 is 10.3 Å². The van der Waals surface area contributed by atoms with Crippen LogP contribution in [0.25, 0.3) is 0 Å². The van der Waals surface area contributed by atoms with Crippen molar-refractivity contribution in [3.63, 3.8) is 0 Å². The van der Waals surface area contributed by atoms with E-state index in [0.29, 0.717) is 10.1 Å². The molecule has 4 nitrogen and oxygen atoms in total. The van der Waals surface area contributed by atoms with Crippen molar-refractivity contribution in [2.24, 2.45) is 0 Å². The number of hydrogen-bond donors (Lipinski definition) is 0. The van der Waals surface area contributed by atoms with Crippen LogP contribution in [0.3, 0.4) is 0 Å². The first-order chi connectivity index (χ1) is 8.61. The van der Waals surface area contributed by atoms with E-state index < -0.39 is 0 Å². The maximum Gasteiger partial charge on any atom is 0.268 e. The molecule has 0 unspecified atom stereocenters. The maximum absolute atomic E-state index is 11.9. The Bertz CT molecular complexity index is 628. The Kier molecular flexibility index (Phi) is 4.23. The Hall–Kier alpha value is -1.08.